The highest BCUT2D eigenvalue weighted by Crippen LogP contribution is 2.48. The number of hydrogen-bond donors (Lipinski definition) is 0. The lowest BCUT2D eigenvalue weighted by Crippen LogP contribution is -2.47. The second kappa shape index (κ2) is 10.2. The number of fused-ring (bicyclic) bond motifs is 5. The summed E-state index contributed by atoms with van der Waals surface area (Å²) in [6.45, 7) is 13.8. The minimum absolute atomic E-state index is 0.152. The molecule has 4 rings (SSSR count). The molecular weight excluding hydrogens is 412 g/mol. The van der Waals surface area contributed by atoms with E-state index in [1.54, 1.807) is 0 Å². The fourth-order valence-electron chi connectivity index (χ4n) is 5.76. The Kier molecular flexibility index (Phi) is 7.13. The summed E-state index contributed by atoms with van der Waals surface area (Å²) in [6, 6.07) is 11.3. The molecule has 2 aliphatic rings. The molecule has 3 heterocycles. The van der Waals surface area contributed by atoms with E-state index >= 15 is 0 Å². The summed E-state index contributed by atoms with van der Waals surface area (Å²) in [6.07, 6.45) is 23.0. The Morgan fingerprint density at radius 3 is 2.79 bits per heavy atom. The molecule has 34 heavy (non-hydrogen) atoms. The molecule has 1 aromatic carbocycles. The van der Waals surface area contributed by atoms with E-state index in [0.717, 1.165) is 13.0 Å². The van der Waals surface area contributed by atoms with Gasteiger partial charge in [-0.25, -0.2) is 0 Å². The van der Waals surface area contributed by atoms with Crippen molar-refractivity contribution in [1.29, 1.82) is 0 Å². The lowest BCUT2D eigenvalue weighted by Gasteiger charge is -2.48. The highest BCUT2D eigenvalue weighted by atomic mass is 15.3. The second-order valence-corrected chi connectivity index (χ2v) is 9.49. The van der Waals surface area contributed by atoms with E-state index in [4.69, 9.17) is 6.42 Å². The Morgan fingerprint density at radius 1 is 1.29 bits per heavy atom. The van der Waals surface area contributed by atoms with Gasteiger partial charge < -0.3 is 4.90 Å². The van der Waals surface area contributed by atoms with Gasteiger partial charge in [-0.05, 0) is 56.9 Å². The minimum atomic E-state index is 0.152. The van der Waals surface area contributed by atoms with Crippen molar-refractivity contribution < 1.29 is 0 Å². The quantitative estimate of drug-likeness (QED) is 0.238. The summed E-state index contributed by atoms with van der Waals surface area (Å²) in [5, 5.41) is 1.28. The van der Waals surface area contributed by atoms with Gasteiger partial charge in [-0.3, -0.25) is 4.57 Å². The van der Waals surface area contributed by atoms with Crippen molar-refractivity contribution in [3.63, 3.8) is 0 Å². The number of terminal acetylenes is 1. The topological polar surface area (TPSA) is 8.17 Å². The van der Waals surface area contributed by atoms with E-state index in [9.17, 15) is 0 Å². The van der Waals surface area contributed by atoms with Crippen LogP contribution in [0.1, 0.15) is 52.1 Å². The molecule has 0 saturated carbocycles. The molecule has 174 valence electrons. The fraction of sp³-hybridized carbons (Fsp3) is 0.312. The smallest absolute Gasteiger partial charge is 0.114 e. The van der Waals surface area contributed by atoms with Crippen LogP contribution in [0.25, 0.3) is 16.7 Å². The van der Waals surface area contributed by atoms with Crippen molar-refractivity contribution in [3.8, 4) is 12.3 Å². The molecule has 3 unspecified atom stereocenters. The van der Waals surface area contributed by atoms with Gasteiger partial charge in [0.05, 0.1) is 11.6 Å². The largest absolute Gasteiger partial charge is 0.346 e. The molecule has 1 aromatic heterocycles. The lowest BCUT2D eigenvalue weighted by molar-refractivity contribution is 0.276. The first-order chi connectivity index (χ1) is 16.5. The van der Waals surface area contributed by atoms with Crippen molar-refractivity contribution in [3.05, 3.63) is 102 Å². The SMILES string of the molecule is C#CC/C(=C\C=C/C)C1C(/C(=C/C)C(C)CC(=C)C)c2cc3ccccc3n2C2=CC=CCN21. The Morgan fingerprint density at radius 2 is 2.09 bits per heavy atom. The Labute approximate surface area is 205 Å². The molecular formula is C32H36N2. The maximum atomic E-state index is 5.92. The molecule has 0 saturated heterocycles. The highest BCUT2D eigenvalue weighted by molar-refractivity contribution is 5.86. The van der Waals surface area contributed by atoms with Gasteiger partial charge in [0.25, 0.3) is 0 Å². The van der Waals surface area contributed by atoms with Crippen LogP contribution >= 0.6 is 0 Å². The van der Waals surface area contributed by atoms with Gasteiger partial charge >= 0.3 is 0 Å². The second-order valence-electron chi connectivity index (χ2n) is 9.49. The lowest BCUT2D eigenvalue weighted by atomic mass is 9.74. The number of para-hydroxylation sites is 1. The molecule has 0 spiro atoms. The predicted molar refractivity (Wildman–Crippen MR) is 147 cm³/mol. The molecule has 0 amide bonds. The summed E-state index contributed by atoms with van der Waals surface area (Å²) in [5.74, 6) is 4.77. The van der Waals surface area contributed by atoms with Gasteiger partial charge in [-0.2, -0.15) is 0 Å². The van der Waals surface area contributed by atoms with Crippen LogP contribution in [0.15, 0.2) is 96.2 Å². The minimum Gasteiger partial charge on any atom is -0.346 e. The van der Waals surface area contributed by atoms with Crippen LogP contribution in [0.2, 0.25) is 0 Å². The Balaban J connectivity index is 2.02. The predicted octanol–water partition coefficient (Wildman–Crippen LogP) is 7.85. The van der Waals surface area contributed by atoms with E-state index in [1.807, 2.05) is 0 Å². The number of rotatable bonds is 7. The molecule has 2 nitrogen and oxygen atoms in total. The molecule has 3 atom stereocenters. The molecule has 0 N–H and O–H groups in total. The zero-order valence-electron chi connectivity index (χ0n) is 21.0. The zero-order chi connectivity index (χ0) is 24.2. The van der Waals surface area contributed by atoms with Crippen LogP contribution in [0.4, 0.5) is 0 Å². The van der Waals surface area contributed by atoms with E-state index in [2.05, 4.69) is 123 Å². The molecule has 0 aliphatic carbocycles. The van der Waals surface area contributed by atoms with Crippen molar-refractivity contribution in [2.24, 2.45) is 5.92 Å². The molecule has 0 fully saturated rings. The number of hydrogen-bond acceptors (Lipinski definition) is 1. The average Bonchev–Trinajstić information content (AvgIpc) is 3.22. The summed E-state index contributed by atoms with van der Waals surface area (Å²) >= 11 is 0. The standard InChI is InChI=1S/C32H36N2/c1-7-10-16-25(15-8-2)32-31(27(9-3)24(6)21-23(4)5)29-22-26-17-11-12-18-28(26)34(29)30-19-13-14-20-33(30)32/h2,7,9-14,16-19,22,24,31-32H,4,15,20-21H2,1,3,5-6H3/b10-7-,25-16+,27-9+. The van der Waals surface area contributed by atoms with Crippen molar-refractivity contribution in [2.75, 3.05) is 6.54 Å². The van der Waals surface area contributed by atoms with Crippen LogP contribution < -0.4 is 0 Å². The van der Waals surface area contributed by atoms with E-state index in [0.29, 0.717) is 12.3 Å². The molecule has 2 aliphatic heterocycles. The van der Waals surface area contributed by atoms with Gasteiger partial charge in [-0.1, -0.05) is 72.7 Å². The summed E-state index contributed by atoms with van der Waals surface area (Å²) < 4.78 is 2.47. The van der Waals surface area contributed by atoms with Gasteiger partial charge in [0, 0.05) is 30.0 Å². The van der Waals surface area contributed by atoms with Gasteiger partial charge in [0.15, 0.2) is 0 Å². The first kappa shape index (κ1) is 23.7. The summed E-state index contributed by atoms with van der Waals surface area (Å²) in [7, 11) is 0. The number of allylic oxidation sites excluding steroid dienone is 7. The van der Waals surface area contributed by atoms with Crippen molar-refractivity contribution in [2.45, 2.75) is 52.5 Å². The van der Waals surface area contributed by atoms with E-state index < -0.39 is 0 Å². The van der Waals surface area contributed by atoms with E-state index in [1.165, 1.54) is 39.1 Å². The molecule has 0 bridgehead atoms. The van der Waals surface area contributed by atoms with Gasteiger partial charge in [0.1, 0.15) is 5.82 Å². The number of aromatic nitrogens is 1. The first-order valence-corrected chi connectivity index (χ1v) is 12.3. The normalized spacial score (nSPS) is 21.3. The molecule has 2 aromatic rings. The Bertz CT molecular complexity index is 1270. The van der Waals surface area contributed by atoms with Crippen molar-refractivity contribution >= 4 is 16.7 Å². The third-order valence-electron chi connectivity index (χ3n) is 7.02. The summed E-state index contributed by atoms with van der Waals surface area (Å²) in [4.78, 5) is 2.55. The third-order valence-corrected chi connectivity index (χ3v) is 7.02. The fourth-order valence-corrected chi connectivity index (χ4v) is 5.76. The number of nitrogens with zero attached hydrogens (tertiary/aromatic N) is 2. The monoisotopic (exact) mass is 448 g/mol. The van der Waals surface area contributed by atoms with E-state index in [-0.39, 0.29) is 12.0 Å². The van der Waals surface area contributed by atoms with Gasteiger partial charge in [0.2, 0.25) is 0 Å². The van der Waals surface area contributed by atoms with Crippen LogP contribution in [0, 0.1) is 18.3 Å². The molecule has 0 radical (unpaired) electrons. The van der Waals surface area contributed by atoms with Crippen LogP contribution in [0.3, 0.4) is 0 Å². The summed E-state index contributed by atoms with van der Waals surface area (Å²) in [5.41, 5.74) is 6.55. The maximum absolute atomic E-state index is 5.92. The maximum Gasteiger partial charge on any atom is 0.114 e. The zero-order valence-corrected chi connectivity index (χ0v) is 21.0. The van der Waals surface area contributed by atoms with Crippen molar-refractivity contribution in [1.82, 2.24) is 9.47 Å². The molecule has 2 heteroatoms. The average molecular weight is 449 g/mol. The van der Waals surface area contributed by atoms with Gasteiger partial charge in [-0.15, -0.1) is 18.9 Å². The van der Waals surface area contributed by atoms with Crippen LogP contribution in [-0.4, -0.2) is 22.1 Å². The van der Waals surface area contributed by atoms with Crippen LogP contribution in [-0.2, 0) is 0 Å². The third kappa shape index (κ3) is 4.24. The first-order valence-electron chi connectivity index (χ1n) is 12.3. The Hall–Kier alpha value is -3.44. The van der Waals surface area contributed by atoms with Crippen LogP contribution in [0.5, 0.6) is 0 Å². The highest BCUT2D eigenvalue weighted by Gasteiger charge is 2.42. The number of benzene rings is 1.